The molecule has 1 fully saturated rings. The van der Waals surface area contributed by atoms with Gasteiger partial charge in [-0.15, -0.1) is 0 Å². The molecule has 18 heavy (non-hydrogen) atoms. The van der Waals surface area contributed by atoms with E-state index in [1.165, 1.54) is 43.5 Å². The van der Waals surface area contributed by atoms with Crippen LogP contribution in [0.5, 0.6) is 0 Å². The number of hydrogen-bond acceptors (Lipinski definition) is 2. The number of anilines is 2. The van der Waals surface area contributed by atoms with Gasteiger partial charge in [-0.1, -0.05) is 38.3 Å². The Morgan fingerprint density at radius 3 is 2.72 bits per heavy atom. The molecule has 1 N–H and O–H groups in total. The average Bonchev–Trinajstić information content (AvgIpc) is 2.39. The number of nitrogens with one attached hydrogen (secondary N) is 1. The standard InChI is InChI=1S/C16H26N2/c1-4-13-8-7-9-14(12-13)17-15-10-5-6-11-16(15)18(2)3/h5-6,10-11,13-14,17H,4,7-9,12H2,1-3H3. The second-order valence-corrected chi connectivity index (χ2v) is 5.69. The van der Waals surface area contributed by atoms with E-state index in [0.29, 0.717) is 6.04 Å². The summed E-state index contributed by atoms with van der Waals surface area (Å²) < 4.78 is 0. The maximum absolute atomic E-state index is 3.75. The van der Waals surface area contributed by atoms with Crippen LogP contribution in [0.2, 0.25) is 0 Å². The van der Waals surface area contributed by atoms with Gasteiger partial charge in [-0.3, -0.25) is 0 Å². The number of nitrogens with zero attached hydrogens (tertiary/aromatic N) is 1. The maximum Gasteiger partial charge on any atom is 0.0596 e. The highest BCUT2D eigenvalue weighted by molar-refractivity contribution is 5.69. The Balaban J connectivity index is 2.04. The van der Waals surface area contributed by atoms with E-state index >= 15 is 0 Å². The van der Waals surface area contributed by atoms with Crippen LogP contribution in [0, 0.1) is 5.92 Å². The third kappa shape index (κ3) is 3.18. The minimum atomic E-state index is 0.657. The van der Waals surface area contributed by atoms with Gasteiger partial charge in [0.05, 0.1) is 11.4 Å². The van der Waals surface area contributed by atoms with Crippen molar-refractivity contribution in [2.45, 2.75) is 45.1 Å². The van der Waals surface area contributed by atoms with Crippen LogP contribution in [0.25, 0.3) is 0 Å². The first-order chi connectivity index (χ1) is 8.70. The van der Waals surface area contributed by atoms with Crippen molar-refractivity contribution in [3.05, 3.63) is 24.3 Å². The summed E-state index contributed by atoms with van der Waals surface area (Å²) in [5.41, 5.74) is 2.57. The molecule has 0 aliphatic heterocycles. The molecule has 1 aliphatic rings. The molecule has 100 valence electrons. The quantitative estimate of drug-likeness (QED) is 0.859. The van der Waals surface area contributed by atoms with Gasteiger partial charge in [0, 0.05) is 20.1 Å². The van der Waals surface area contributed by atoms with E-state index in [1.54, 1.807) is 0 Å². The van der Waals surface area contributed by atoms with Crippen LogP contribution in [0.3, 0.4) is 0 Å². The van der Waals surface area contributed by atoms with Gasteiger partial charge in [-0.2, -0.15) is 0 Å². The summed E-state index contributed by atoms with van der Waals surface area (Å²) in [6.45, 7) is 2.32. The fourth-order valence-electron chi connectivity index (χ4n) is 3.00. The molecule has 2 nitrogen and oxygen atoms in total. The molecule has 1 aromatic carbocycles. The molecule has 2 heteroatoms. The predicted molar refractivity (Wildman–Crippen MR) is 80.4 cm³/mol. The van der Waals surface area contributed by atoms with E-state index in [0.717, 1.165) is 5.92 Å². The van der Waals surface area contributed by atoms with Crippen LogP contribution in [0.1, 0.15) is 39.0 Å². The van der Waals surface area contributed by atoms with Gasteiger partial charge in [0.15, 0.2) is 0 Å². The lowest BCUT2D eigenvalue weighted by Gasteiger charge is -2.31. The molecule has 2 unspecified atom stereocenters. The second kappa shape index (κ2) is 6.12. The van der Waals surface area contributed by atoms with Crippen molar-refractivity contribution in [1.82, 2.24) is 0 Å². The molecule has 0 radical (unpaired) electrons. The van der Waals surface area contributed by atoms with E-state index in [4.69, 9.17) is 0 Å². The Labute approximate surface area is 111 Å². The molecule has 1 aliphatic carbocycles. The smallest absolute Gasteiger partial charge is 0.0596 e. The number of rotatable bonds is 4. The second-order valence-electron chi connectivity index (χ2n) is 5.69. The fraction of sp³-hybridized carbons (Fsp3) is 0.625. The van der Waals surface area contributed by atoms with Gasteiger partial charge < -0.3 is 10.2 Å². The predicted octanol–water partition coefficient (Wildman–Crippen LogP) is 4.13. The van der Waals surface area contributed by atoms with Gasteiger partial charge in [0.1, 0.15) is 0 Å². The van der Waals surface area contributed by atoms with E-state index < -0.39 is 0 Å². The third-order valence-corrected chi connectivity index (χ3v) is 4.11. The molecule has 1 aromatic rings. The molecule has 0 amide bonds. The summed E-state index contributed by atoms with van der Waals surface area (Å²) in [6.07, 6.45) is 6.77. The molecule has 0 heterocycles. The van der Waals surface area contributed by atoms with Crippen molar-refractivity contribution in [3.8, 4) is 0 Å². The largest absolute Gasteiger partial charge is 0.381 e. The highest BCUT2D eigenvalue weighted by atomic mass is 15.1. The molecule has 0 spiro atoms. The third-order valence-electron chi connectivity index (χ3n) is 4.11. The van der Waals surface area contributed by atoms with Crippen molar-refractivity contribution >= 4 is 11.4 Å². The Hall–Kier alpha value is -1.18. The number of para-hydroxylation sites is 2. The minimum Gasteiger partial charge on any atom is -0.381 e. The molecule has 0 saturated heterocycles. The number of hydrogen-bond donors (Lipinski definition) is 1. The molecule has 2 atom stereocenters. The van der Waals surface area contributed by atoms with Gasteiger partial charge in [0.25, 0.3) is 0 Å². The lowest BCUT2D eigenvalue weighted by Crippen LogP contribution is -2.27. The Morgan fingerprint density at radius 2 is 2.00 bits per heavy atom. The first-order valence-electron chi connectivity index (χ1n) is 7.23. The van der Waals surface area contributed by atoms with E-state index in [-0.39, 0.29) is 0 Å². The monoisotopic (exact) mass is 246 g/mol. The summed E-state index contributed by atoms with van der Waals surface area (Å²) in [6, 6.07) is 9.27. The molecule has 0 bridgehead atoms. The Bertz CT molecular complexity index is 373. The van der Waals surface area contributed by atoms with Gasteiger partial charge in [-0.25, -0.2) is 0 Å². The highest BCUT2D eigenvalue weighted by Crippen LogP contribution is 2.31. The number of benzene rings is 1. The van der Waals surface area contributed by atoms with E-state index in [1.807, 2.05) is 0 Å². The van der Waals surface area contributed by atoms with E-state index in [2.05, 4.69) is 55.5 Å². The van der Waals surface area contributed by atoms with Crippen molar-refractivity contribution in [2.24, 2.45) is 5.92 Å². The van der Waals surface area contributed by atoms with Crippen molar-refractivity contribution in [3.63, 3.8) is 0 Å². The lowest BCUT2D eigenvalue weighted by atomic mass is 9.84. The molecular formula is C16H26N2. The molecule has 0 aromatic heterocycles. The van der Waals surface area contributed by atoms with E-state index in [9.17, 15) is 0 Å². The molecular weight excluding hydrogens is 220 g/mol. The zero-order chi connectivity index (χ0) is 13.0. The summed E-state index contributed by atoms with van der Waals surface area (Å²) >= 11 is 0. The van der Waals surface area contributed by atoms with Crippen LogP contribution >= 0.6 is 0 Å². The SMILES string of the molecule is CCC1CCCC(Nc2ccccc2N(C)C)C1. The fourth-order valence-corrected chi connectivity index (χ4v) is 3.00. The summed E-state index contributed by atoms with van der Waals surface area (Å²) in [4.78, 5) is 2.18. The topological polar surface area (TPSA) is 15.3 Å². The zero-order valence-electron chi connectivity index (χ0n) is 11.9. The van der Waals surface area contributed by atoms with Crippen LogP contribution in [-0.4, -0.2) is 20.1 Å². The van der Waals surface area contributed by atoms with Crippen molar-refractivity contribution in [2.75, 3.05) is 24.3 Å². The minimum absolute atomic E-state index is 0.657. The van der Waals surface area contributed by atoms with Crippen molar-refractivity contribution in [1.29, 1.82) is 0 Å². The average molecular weight is 246 g/mol. The van der Waals surface area contributed by atoms with Gasteiger partial charge >= 0.3 is 0 Å². The summed E-state index contributed by atoms with van der Waals surface area (Å²) in [5.74, 6) is 0.919. The highest BCUT2D eigenvalue weighted by Gasteiger charge is 2.21. The Morgan fingerprint density at radius 1 is 1.22 bits per heavy atom. The van der Waals surface area contributed by atoms with Gasteiger partial charge in [0.2, 0.25) is 0 Å². The zero-order valence-corrected chi connectivity index (χ0v) is 11.9. The summed E-state index contributed by atoms with van der Waals surface area (Å²) in [7, 11) is 4.21. The maximum atomic E-state index is 3.75. The van der Waals surface area contributed by atoms with Crippen LogP contribution < -0.4 is 10.2 Å². The summed E-state index contributed by atoms with van der Waals surface area (Å²) in [5, 5.41) is 3.75. The van der Waals surface area contributed by atoms with Crippen LogP contribution in [0.15, 0.2) is 24.3 Å². The first kappa shape index (κ1) is 13.3. The van der Waals surface area contributed by atoms with Crippen LogP contribution in [-0.2, 0) is 0 Å². The van der Waals surface area contributed by atoms with Crippen LogP contribution in [0.4, 0.5) is 11.4 Å². The first-order valence-corrected chi connectivity index (χ1v) is 7.23. The normalized spacial score (nSPS) is 23.7. The van der Waals surface area contributed by atoms with Gasteiger partial charge in [-0.05, 0) is 30.9 Å². The van der Waals surface area contributed by atoms with Crippen molar-refractivity contribution < 1.29 is 0 Å². The molecule has 1 saturated carbocycles. The lowest BCUT2D eigenvalue weighted by molar-refractivity contribution is 0.327. The molecule has 2 rings (SSSR count). The Kier molecular flexibility index (Phi) is 4.51.